The highest BCUT2D eigenvalue weighted by Crippen LogP contribution is 2.52. The van der Waals surface area contributed by atoms with Crippen molar-refractivity contribution in [1.82, 2.24) is 0 Å². The number of amides is 1. The van der Waals surface area contributed by atoms with E-state index in [9.17, 15) is 19.1 Å². The van der Waals surface area contributed by atoms with Gasteiger partial charge in [0.25, 0.3) is 0 Å². The number of methoxy groups -OCH3 is 1. The van der Waals surface area contributed by atoms with Crippen LogP contribution in [0.5, 0.6) is 0 Å². The predicted octanol–water partition coefficient (Wildman–Crippen LogP) is 2.74. The van der Waals surface area contributed by atoms with Crippen LogP contribution in [0.1, 0.15) is 39.2 Å². The molecule has 1 saturated carbocycles. The highest BCUT2D eigenvalue weighted by molar-refractivity contribution is 5.85. The normalized spacial score (nSPS) is 16.9. The van der Waals surface area contributed by atoms with Crippen molar-refractivity contribution in [3.05, 3.63) is 29.6 Å². The standard InChI is InChI=1S/C17H22FNO5/c1-16(2,3)24-15(22)19-10-5-6-12(18)11(9-10)17(7-8-17)13(20)14(21)23-4/h5-6,9,13,20H,7-8H2,1-4H3,(H,19,22). The van der Waals surface area contributed by atoms with Gasteiger partial charge in [-0.05, 0) is 57.4 Å². The molecule has 0 heterocycles. The first-order valence-electron chi connectivity index (χ1n) is 7.65. The summed E-state index contributed by atoms with van der Waals surface area (Å²) in [6.45, 7) is 5.19. The first kappa shape index (κ1) is 18.2. The van der Waals surface area contributed by atoms with Crippen molar-refractivity contribution in [2.24, 2.45) is 0 Å². The van der Waals surface area contributed by atoms with E-state index in [0.29, 0.717) is 18.5 Å². The molecule has 2 N–H and O–H groups in total. The van der Waals surface area contributed by atoms with E-state index in [1.54, 1.807) is 20.8 Å². The second-order valence-electron chi connectivity index (χ2n) is 6.90. The van der Waals surface area contributed by atoms with E-state index in [1.807, 2.05) is 0 Å². The van der Waals surface area contributed by atoms with E-state index in [2.05, 4.69) is 10.1 Å². The van der Waals surface area contributed by atoms with Gasteiger partial charge in [0.15, 0.2) is 6.10 Å². The first-order chi connectivity index (χ1) is 11.1. The van der Waals surface area contributed by atoms with Crippen LogP contribution in [0, 0.1) is 5.82 Å². The molecule has 1 unspecified atom stereocenters. The topological polar surface area (TPSA) is 84.9 Å². The van der Waals surface area contributed by atoms with Crippen molar-refractivity contribution >= 4 is 17.7 Å². The summed E-state index contributed by atoms with van der Waals surface area (Å²) < 4.78 is 23.9. The van der Waals surface area contributed by atoms with Gasteiger partial charge in [-0.25, -0.2) is 14.0 Å². The van der Waals surface area contributed by atoms with Crippen molar-refractivity contribution in [3.8, 4) is 0 Å². The van der Waals surface area contributed by atoms with Crippen LogP contribution in [0.3, 0.4) is 0 Å². The molecule has 1 atom stereocenters. The van der Waals surface area contributed by atoms with E-state index in [4.69, 9.17) is 4.74 Å². The SMILES string of the molecule is COC(=O)C(O)C1(c2cc(NC(=O)OC(C)(C)C)ccc2F)CC1. The van der Waals surface area contributed by atoms with Gasteiger partial charge in [-0.3, -0.25) is 5.32 Å². The van der Waals surface area contributed by atoms with Crippen LogP contribution in [0.4, 0.5) is 14.9 Å². The van der Waals surface area contributed by atoms with Gasteiger partial charge in [0.2, 0.25) is 0 Å². The maximum atomic E-state index is 14.2. The van der Waals surface area contributed by atoms with Gasteiger partial charge in [-0.15, -0.1) is 0 Å². The van der Waals surface area contributed by atoms with Crippen LogP contribution in [0.25, 0.3) is 0 Å². The lowest BCUT2D eigenvalue weighted by Gasteiger charge is -2.23. The van der Waals surface area contributed by atoms with Crippen LogP contribution >= 0.6 is 0 Å². The molecule has 7 heteroatoms. The van der Waals surface area contributed by atoms with E-state index in [-0.39, 0.29) is 5.56 Å². The highest BCUT2D eigenvalue weighted by Gasteiger charge is 2.55. The van der Waals surface area contributed by atoms with Crippen LogP contribution < -0.4 is 5.32 Å². The molecule has 1 amide bonds. The van der Waals surface area contributed by atoms with Crippen molar-refractivity contribution in [2.45, 2.75) is 50.7 Å². The van der Waals surface area contributed by atoms with Gasteiger partial charge >= 0.3 is 12.1 Å². The molecule has 0 spiro atoms. The molecule has 1 aliphatic rings. The van der Waals surface area contributed by atoms with Gasteiger partial charge in [0, 0.05) is 11.1 Å². The predicted molar refractivity (Wildman–Crippen MR) is 85.2 cm³/mol. The number of aliphatic hydroxyl groups is 1. The van der Waals surface area contributed by atoms with E-state index < -0.39 is 35.0 Å². The number of halogens is 1. The fraction of sp³-hybridized carbons (Fsp3) is 0.529. The lowest BCUT2D eigenvalue weighted by molar-refractivity contribution is -0.152. The number of anilines is 1. The third-order valence-electron chi connectivity index (χ3n) is 3.88. The molecule has 1 aliphatic carbocycles. The lowest BCUT2D eigenvalue weighted by atomic mass is 9.89. The number of aliphatic hydroxyl groups excluding tert-OH is 1. The number of benzene rings is 1. The summed E-state index contributed by atoms with van der Waals surface area (Å²) in [5.41, 5.74) is -1.17. The molecule has 1 fully saturated rings. The highest BCUT2D eigenvalue weighted by atomic mass is 19.1. The molecule has 1 aromatic carbocycles. The molecular formula is C17H22FNO5. The first-order valence-corrected chi connectivity index (χ1v) is 7.65. The quantitative estimate of drug-likeness (QED) is 0.824. The van der Waals surface area contributed by atoms with Crippen molar-refractivity contribution in [1.29, 1.82) is 0 Å². The summed E-state index contributed by atoms with van der Waals surface area (Å²) in [7, 11) is 1.17. The minimum atomic E-state index is -1.45. The van der Waals surface area contributed by atoms with Crippen LogP contribution in [0.2, 0.25) is 0 Å². The average Bonchev–Trinajstić information content (AvgIpc) is 3.27. The van der Waals surface area contributed by atoms with Crippen molar-refractivity contribution < 1.29 is 28.6 Å². The van der Waals surface area contributed by atoms with E-state index in [0.717, 1.165) is 0 Å². The zero-order valence-electron chi connectivity index (χ0n) is 14.2. The fourth-order valence-electron chi connectivity index (χ4n) is 2.57. The summed E-state index contributed by atoms with van der Waals surface area (Å²) in [4.78, 5) is 23.4. The third-order valence-corrected chi connectivity index (χ3v) is 3.88. The molecule has 0 radical (unpaired) electrons. The van der Waals surface area contributed by atoms with E-state index >= 15 is 0 Å². The maximum Gasteiger partial charge on any atom is 0.412 e. The van der Waals surface area contributed by atoms with E-state index in [1.165, 1.54) is 25.3 Å². The number of hydrogen-bond donors (Lipinski definition) is 2. The number of esters is 1. The Morgan fingerprint density at radius 2 is 1.96 bits per heavy atom. The van der Waals surface area contributed by atoms with Crippen LogP contribution in [0.15, 0.2) is 18.2 Å². The average molecular weight is 339 g/mol. The number of hydrogen-bond acceptors (Lipinski definition) is 5. The third kappa shape index (κ3) is 3.84. The summed E-state index contributed by atoms with van der Waals surface area (Å²) in [5, 5.41) is 12.7. The van der Waals surface area contributed by atoms with Gasteiger partial charge in [-0.2, -0.15) is 0 Å². The summed E-state index contributed by atoms with van der Waals surface area (Å²) >= 11 is 0. The molecule has 24 heavy (non-hydrogen) atoms. The molecule has 132 valence electrons. The molecule has 0 aliphatic heterocycles. The molecular weight excluding hydrogens is 317 g/mol. The summed E-state index contributed by atoms with van der Waals surface area (Å²) in [5.74, 6) is -1.36. The van der Waals surface area contributed by atoms with Crippen LogP contribution in [-0.2, 0) is 19.7 Å². The lowest BCUT2D eigenvalue weighted by Crippen LogP contribution is -2.35. The molecule has 0 saturated heterocycles. The van der Waals surface area contributed by atoms with Gasteiger partial charge in [0.05, 0.1) is 7.11 Å². The number of carbonyl (C=O) groups is 2. The second-order valence-corrected chi connectivity index (χ2v) is 6.90. The Morgan fingerprint density at radius 3 is 2.46 bits per heavy atom. The Kier molecular flexibility index (Phi) is 4.85. The Bertz CT molecular complexity index is 649. The largest absolute Gasteiger partial charge is 0.467 e. The Labute approximate surface area is 139 Å². The monoisotopic (exact) mass is 339 g/mol. The number of nitrogens with one attached hydrogen (secondary N) is 1. The molecule has 6 nitrogen and oxygen atoms in total. The van der Waals surface area contributed by atoms with Crippen molar-refractivity contribution in [3.63, 3.8) is 0 Å². The second kappa shape index (κ2) is 6.39. The Morgan fingerprint density at radius 1 is 1.33 bits per heavy atom. The molecule has 2 rings (SSSR count). The van der Waals surface area contributed by atoms with Crippen molar-refractivity contribution in [2.75, 3.05) is 12.4 Å². The minimum Gasteiger partial charge on any atom is -0.467 e. The summed E-state index contributed by atoms with van der Waals surface area (Å²) in [6.07, 6.45) is -1.21. The van der Waals surface area contributed by atoms with Gasteiger partial charge < -0.3 is 14.6 Å². The molecule has 0 aromatic heterocycles. The fourth-order valence-corrected chi connectivity index (χ4v) is 2.57. The maximum absolute atomic E-state index is 14.2. The zero-order valence-corrected chi connectivity index (χ0v) is 14.2. The zero-order chi connectivity index (χ0) is 18.1. The summed E-state index contributed by atoms with van der Waals surface area (Å²) in [6, 6.07) is 3.99. The van der Waals surface area contributed by atoms with Gasteiger partial charge in [-0.1, -0.05) is 0 Å². The number of carbonyl (C=O) groups excluding carboxylic acids is 2. The molecule has 0 bridgehead atoms. The number of ether oxygens (including phenoxy) is 2. The van der Waals surface area contributed by atoms with Crippen LogP contribution in [-0.4, -0.2) is 36.0 Å². The minimum absolute atomic E-state index is 0.175. The Balaban J connectivity index is 2.24. The Hall–Kier alpha value is -2.15. The smallest absolute Gasteiger partial charge is 0.412 e. The number of rotatable bonds is 4. The van der Waals surface area contributed by atoms with Gasteiger partial charge in [0.1, 0.15) is 11.4 Å². The molecule has 1 aromatic rings.